The lowest BCUT2D eigenvalue weighted by Crippen LogP contribution is -2.51. The van der Waals surface area contributed by atoms with Crippen molar-refractivity contribution in [2.45, 2.75) is 83.3 Å². The zero-order valence-corrected chi connectivity index (χ0v) is 12.9. The van der Waals surface area contributed by atoms with Crippen molar-refractivity contribution in [3.05, 3.63) is 0 Å². The van der Waals surface area contributed by atoms with Gasteiger partial charge in [0, 0.05) is 6.61 Å². The third-order valence-electron chi connectivity index (χ3n) is 4.46. The summed E-state index contributed by atoms with van der Waals surface area (Å²) in [7, 11) is -1.57. The molecule has 0 heterocycles. The molecule has 0 aliphatic heterocycles. The van der Waals surface area contributed by atoms with Gasteiger partial charge in [0.1, 0.15) is 0 Å². The molecule has 0 radical (unpaired) electrons. The first kappa shape index (κ1) is 14.2. The summed E-state index contributed by atoms with van der Waals surface area (Å²) in [6.45, 7) is 12.7. The quantitative estimate of drug-likeness (QED) is 0.622. The minimum atomic E-state index is -1.57. The Morgan fingerprint density at radius 3 is 2.00 bits per heavy atom. The Kier molecular flexibility index (Phi) is 5.05. The Morgan fingerprint density at radius 2 is 1.62 bits per heavy atom. The molecule has 0 N–H and O–H groups in total. The Balaban J connectivity index is 2.90. The van der Waals surface area contributed by atoms with E-state index in [1.54, 1.807) is 0 Å². The van der Waals surface area contributed by atoms with E-state index in [-0.39, 0.29) is 0 Å². The second-order valence-electron chi connectivity index (χ2n) is 6.26. The molecule has 1 saturated carbocycles. The molecule has 1 atom stereocenters. The molecule has 1 rings (SSSR count). The molecule has 1 unspecified atom stereocenters. The molecule has 1 fully saturated rings. The van der Waals surface area contributed by atoms with Crippen molar-refractivity contribution in [1.29, 1.82) is 0 Å². The molecule has 0 aromatic heterocycles. The molecular weight excluding hydrogens is 212 g/mol. The van der Waals surface area contributed by atoms with Crippen molar-refractivity contribution in [2.24, 2.45) is 0 Å². The largest absolute Gasteiger partial charge is 0.416 e. The molecule has 16 heavy (non-hydrogen) atoms. The third-order valence-corrected chi connectivity index (χ3v) is 10.8. The maximum Gasteiger partial charge on any atom is 0.200 e. The van der Waals surface area contributed by atoms with E-state index in [1.807, 2.05) is 0 Å². The Labute approximate surface area is 103 Å². The highest BCUT2D eigenvalue weighted by Crippen LogP contribution is 2.51. The van der Waals surface area contributed by atoms with Gasteiger partial charge >= 0.3 is 0 Å². The highest BCUT2D eigenvalue weighted by molar-refractivity contribution is 6.78. The van der Waals surface area contributed by atoms with E-state index in [9.17, 15) is 0 Å². The molecule has 0 saturated heterocycles. The van der Waals surface area contributed by atoms with Gasteiger partial charge in [-0.2, -0.15) is 0 Å². The van der Waals surface area contributed by atoms with E-state index in [2.05, 4.69) is 34.6 Å². The lowest BCUT2D eigenvalue weighted by molar-refractivity contribution is 0.273. The SMILES string of the molecule is CCO[Si](CC)(C1CCCCC1)C(C)(C)C. The summed E-state index contributed by atoms with van der Waals surface area (Å²) in [6.07, 6.45) is 7.17. The zero-order chi connectivity index (χ0) is 12.2. The van der Waals surface area contributed by atoms with Gasteiger partial charge in [-0.25, -0.2) is 0 Å². The molecule has 1 aliphatic rings. The molecule has 0 bridgehead atoms. The van der Waals surface area contributed by atoms with Gasteiger partial charge in [0.15, 0.2) is 0 Å². The van der Waals surface area contributed by atoms with Gasteiger partial charge in [0.25, 0.3) is 0 Å². The van der Waals surface area contributed by atoms with Gasteiger partial charge in [0.05, 0.1) is 0 Å². The van der Waals surface area contributed by atoms with Crippen LogP contribution >= 0.6 is 0 Å². The maximum absolute atomic E-state index is 6.42. The van der Waals surface area contributed by atoms with Crippen LogP contribution < -0.4 is 0 Å². The van der Waals surface area contributed by atoms with Crippen molar-refractivity contribution in [3.8, 4) is 0 Å². The molecule has 2 heteroatoms. The average molecular weight is 242 g/mol. The molecule has 0 aromatic rings. The van der Waals surface area contributed by atoms with E-state index in [1.165, 1.54) is 38.1 Å². The van der Waals surface area contributed by atoms with Crippen LogP contribution in [0, 0.1) is 0 Å². The third kappa shape index (κ3) is 2.70. The van der Waals surface area contributed by atoms with Crippen LogP contribution in [0.5, 0.6) is 0 Å². The van der Waals surface area contributed by atoms with Crippen molar-refractivity contribution in [1.82, 2.24) is 0 Å². The van der Waals surface area contributed by atoms with Gasteiger partial charge < -0.3 is 4.43 Å². The molecule has 1 nitrogen and oxygen atoms in total. The Morgan fingerprint density at radius 1 is 1.06 bits per heavy atom. The summed E-state index contributed by atoms with van der Waals surface area (Å²) < 4.78 is 6.42. The topological polar surface area (TPSA) is 9.23 Å². The molecule has 0 aromatic carbocycles. The minimum absolute atomic E-state index is 0.389. The van der Waals surface area contributed by atoms with Crippen molar-refractivity contribution in [2.75, 3.05) is 6.61 Å². The van der Waals surface area contributed by atoms with E-state index in [0.717, 1.165) is 12.1 Å². The van der Waals surface area contributed by atoms with Gasteiger partial charge in [-0.05, 0) is 23.5 Å². The lowest BCUT2D eigenvalue weighted by Gasteiger charge is -2.48. The molecule has 1 aliphatic carbocycles. The van der Waals surface area contributed by atoms with Crippen LogP contribution in [0.25, 0.3) is 0 Å². The second-order valence-corrected chi connectivity index (χ2v) is 11.4. The maximum atomic E-state index is 6.42. The predicted octanol–water partition coefficient (Wildman–Crippen LogP) is 5.12. The predicted molar refractivity (Wildman–Crippen MR) is 74.4 cm³/mol. The van der Waals surface area contributed by atoms with Crippen molar-refractivity contribution in [3.63, 3.8) is 0 Å². The summed E-state index contributed by atoms with van der Waals surface area (Å²) in [5.41, 5.74) is 0.909. The fourth-order valence-corrected chi connectivity index (χ4v) is 9.29. The average Bonchev–Trinajstić information content (AvgIpc) is 2.25. The molecular formula is C14H30OSi. The number of hydrogen-bond acceptors (Lipinski definition) is 1. The van der Waals surface area contributed by atoms with Crippen molar-refractivity contribution < 1.29 is 4.43 Å². The normalized spacial score (nSPS) is 23.1. The molecule has 0 amide bonds. The summed E-state index contributed by atoms with van der Waals surface area (Å²) in [5, 5.41) is 0.389. The van der Waals surface area contributed by atoms with Crippen LogP contribution in [-0.4, -0.2) is 14.9 Å². The van der Waals surface area contributed by atoms with E-state index >= 15 is 0 Å². The van der Waals surface area contributed by atoms with E-state index < -0.39 is 8.32 Å². The van der Waals surface area contributed by atoms with Crippen LogP contribution in [-0.2, 0) is 4.43 Å². The van der Waals surface area contributed by atoms with Gasteiger partial charge in [-0.1, -0.05) is 59.8 Å². The standard InChI is InChI=1S/C14H30OSi/c1-6-15-16(7-2,14(3,4)5)13-11-9-8-10-12-13/h13H,6-12H2,1-5H3. The zero-order valence-electron chi connectivity index (χ0n) is 11.9. The molecule has 0 spiro atoms. The Hall–Kier alpha value is 0.177. The monoisotopic (exact) mass is 242 g/mol. The smallest absolute Gasteiger partial charge is 0.200 e. The summed E-state index contributed by atoms with van der Waals surface area (Å²) in [5.74, 6) is 0. The van der Waals surface area contributed by atoms with E-state index in [4.69, 9.17) is 4.43 Å². The fraction of sp³-hybridized carbons (Fsp3) is 1.00. The number of hydrogen-bond donors (Lipinski definition) is 0. The first-order chi connectivity index (χ1) is 7.48. The summed E-state index contributed by atoms with van der Waals surface area (Å²) >= 11 is 0. The molecule has 96 valence electrons. The van der Waals surface area contributed by atoms with Crippen LogP contribution in [0.15, 0.2) is 0 Å². The highest BCUT2D eigenvalue weighted by atomic mass is 28.4. The lowest BCUT2D eigenvalue weighted by atomic mass is 10.0. The first-order valence-corrected chi connectivity index (χ1v) is 9.31. The first-order valence-electron chi connectivity index (χ1n) is 7.12. The second kappa shape index (κ2) is 5.68. The highest BCUT2D eigenvalue weighted by Gasteiger charge is 2.50. The summed E-state index contributed by atoms with van der Waals surface area (Å²) in [6, 6.07) is 1.29. The van der Waals surface area contributed by atoms with Gasteiger partial charge in [0.2, 0.25) is 8.32 Å². The summed E-state index contributed by atoms with van der Waals surface area (Å²) in [4.78, 5) is 0. The van der Waals surface area contributed by atoms with Crippen molar-refractivity contribution >= 4 is 8.32 Å². The van der Waals surface area contributed by atoms with E-state index in [0.29, 0.717) is 5.04 Å². The van der Waals surface area contributed by atoms with Gasteiger partial charge in [-0.3, -0.25) is 0 Å². The van der Waals surface area contributed by atoms with Crippen LogP contribution in [0.3, 0.4) is 0 Å². The van der Waals surface area contributed by atoms with Crippen LogP contribution in [0.1, 0.15) is 66.7 Å². The minimum Gasteiger partial charge on any atom is -0.416 e. The van der Waals surface area contributed by atoms with Crippen LogP contribution in [0.2, 0.25) is 16.6 Å². The van der Waals surface area contributed by atoms with Crippen LogP contribution in [0.4, 0.5) is 0 Å². The van der Waals surface area contributed by atoms with Gasteiger partial charge in [-0.15, -0.1) is 0 Å². The Bertz CT molecular complexity index is 203. The number of rotatable bonds is 4. The fourth-order valence-electron chi connectivity index (χ4n) is 3.69.